The molecule has 0 saturated carbocycles. The zero-order valence-electron chi connectivity index (χ0n) is 12.6. The van der Waals surface area contributed by atoms with Gasteiger partial charge in [0, 0.05) is 28.7 Å². The molecule has 3 rings (SSSR count). The van der Waals surface area contributed by atoms with Gasteiger partial charge in [0.2, 0.25) is 5.91 Å². The van der Waals surface area contributed by atoms with Gasteiger partial charge in [-0.2, -0.15) is 0 Å². The summed E-state index contributed by atoms with van der Waals surface area (Å²) in [5.74, 6) is 0.752. The summed E-state index contributed by atoms with van der Waals surface area (Å²) in [6.07, 6.45) is 4.85. The highest BCUT2D eigenvalue weighted by Gasteiger charge is 2.33. The molecular formula is C16H22Cl2N2O2. The molecule has 1 aromatic rings. The number of ether oxygens (including phenoxy) is 1. The minimum absolute atomic E-state index is 0. The summed E-state index contributed by atoms with van der Waals surface area (Å²) in [7, 11) is 1.61. The molecule has 0 spiro atoms. The molecule has 2 fully saturated rings. The number of fused-ring (bicyclic) bond motifs is 2. The van der Waals surface area contributed by atoms with Crippen molar-refractivity contribution < 1.29 is 9.53 Å². The normalized spacial score (nSPS) is 26.2. The molecule has 2 bridgehead atoms. The van der Waals surface area contributed by atoms with Crippen LogP contribution < -0.4 is 15.4 Å². The van der Waals surface area contributed by atoms with Crippen LogP contribution in [-0.4, -0.2) is 31.1 Å². The highest BCUT2D eigenvalue weighted by atomic mass is 35.5. The zero-order valence-corrected chi connectivity index (χ0v) is 14.2. The number of methoxy groups -OCH3 is 1. The van der Waals surface area contributed by atoms with E-state index in [9.17, 15) is 4.79 Å². The molecule has 0 aromatic heterocycles. The van der Waals surface area contributed by atoms with Crippen LogP contribution >= 0.6 is 24.0 Å². The van der Waals surface area contributed by atoms with Crippen molar-refractivity contribution >= 4 is 29.9 Å². The van der Waals surface area contributed by atoms with Gasteiger partial charge in [-0.1, -0.05) is 11.6 Å². The van der Waals surface area contributed by atoms with Gasteiger partial charge in [-0.3, -0.25) is 4.79 Å². The van der Waals surface area contributed by atoms with Crippen LogP contribution in [0.1, 0.15) is 31.2 Å². The molecule has 1 amide bonds. The highest BCUT2D eigenvalue weighted by Crippen LogP contribution is 2.27. The van der Waals surface area contributed by atoms with Crippen LogP contribution in [0.25, 0.3) is 0 Å². The summed E-state index contributed by atoms with van der Waals surface area (Å²) in [6, 6.07) is 6.82. The minimum Gasteiger partial charge on any atom is -0.496 e. The van der Waals surface area contributed by atoms with E-state index >= 15 is 0 Å². The molecule has 4 nitrogen and oxygen atoms in total. The Hall–Kier alpha value is -0.970. The van der Waals surface area contributed by atoms with Gasteiger partial charge >= 0.3 is 0 Å². The molecule has 2 heterocycles. The van der Waals surface area contributed by atoms with Gasteiger partial charge in [0.25, 0.3) is 0 Å². The Balaban J connectivity index is 0.00000176. The van der Waals surface area contributed by atoms with E-state index in [1.54, 1.807) is 25.3 Å². The molecule has 6 heteroatoms. The lowest BCUT2D eigenvalue weighted by Crippen LogP contribution is -2.48. The van der Waals surface area contributed by atoms with Crippen LogP contribution in [0.15, 0.2) is 18.2 Å². The number of piperidine rings is 1. The van der Waals surface area contributed by atoms with E-state index in [0.29, 0.717) is 35.3 Å². The Morgan fingerprint density at radius 2 is 2.05 bits per heavy atom. The Morgan fingerprint density at radius 1 is 1.36 bits per heavy atom. The van der Waals surface area contributed by atoms with Crippen LogP contribution in [0.4, 0.5) is 0 Å². The Morgan fingerprint density at radius 3 is 2.68 bits per heavy atom. The summed E-state index contributed by atoms with van der Waals surface area (Å²) in [5, 5.41) is 7.37. The molecule has 0 radical (unpaired) electrons. The van der Waals surface area contributed by atoms with Crippen LogP contribution in [0, 0.1) is 0 Å². The average Bonchev–Trinajstić information content (AvgIpc) is 2.78. The van der Waals surface area contributed by atoms with Crippen LogP contribution in [0.2, 0.25) is 5.02 Å². The maximum absolute atomic E-state index is 12.3. The lowest BCUT2D eigenvalue weighted by Gasteiger charge is -2.29. The van der Waals surface area contributed by atoms with Crippen molar-refractivity contribution in [3.05, 3.63) is 28.8 Å². The maximum atomic E-state index is 12.3. The van der Waals surface area contributed by atoms with Crippen molar-refractivity contribution in [2.75, 3.05) is 7.11 Å². The first-order chi connectivity index (χ1) is 10.1. The van der Waals surface area contributed by atoms with Gasteiger partial charge in [-0.05, 0) is 43.9 Å². The minimum atomic E-state index is 0. The molecular weight excluding hydrogens is 323 g/mol. The lowest BCUT2D eigenvalue weighted by molar-refractivity contribution is -0.121. The first-order valence-corrected chi connectivity index (χ1v) is 7.89. The fourth-order valence-electron chi connectivity index (χ4n) is 3.51. The van der Waals surface area contributed by atoms with E-state index in [1.165, 1.54) is 12.8 Å². The van der Waals surface area contributed by atoms with Gasteiger partial charge in [0.05, 0.1) is 13.5 Å². The van der Waals surface area contributed by atoms with Crippen molar-refractivity contribution in [1.29, 1.82) is 0 Å². The number of nitrogens with one attached hydrogen (secondary N) is 2. The zero-order chi connectivity index (χ0) is 14.8. The van der Waals surface area contributed by atoms with Crippen LogP contribution in [0.5, 0.6) is 5.75 Å². The quantitative estimate of drug-likeness (QED) is 0.882. The SMILES string of the molecule is COc1ccc(Cl)cc1CC(=O)NC1CC2CCC(C1)N2.Cl. The number of benzene rings is 1. The predicted molar refractivity (Wildman–Crippen MR) is 90.1 cm³/mol. The van der Waals surface area contributed by atoms with E-state index < -0.39 is 0 Å². The molecule has 1 aromatic carbocycles. The topological polar surface area (TPSA) is 50.4 Å². The van der Waals surface area contributed by atoms with E-state index in [2.05, 4.69) is 10.6 Å². The lowest BCUT2D eigenvalue weighted by atomic mass is 9.99. The van der Waals surface area contributed by atoms with Crippen LogP contribution in [-0.2, 0) is 11.2 Å². The second kappa shape index (κ2) is 7.53. The van der Waals surface area contributed by atoms with Crippen molar-refractivity contribution in [1.82, 2.24) is 10.6 Å². The van der Waals surface area contributed by atoms with E-state index in [0.717, 1.165) is 18.4 Å². The summed E-state index contributed by atoms with van der Waals surface area (Å²) in [5.41, 5.74) is 0.833. The Labute approximate surface area is 142 Å². The number of hydrogen-bond acceptors (Lipinski definition) is 3. The fraction of sp³-hybridized carbons (Fsp3) is 0.562. The maximum Gasteiger partial charge on any atom is 0.224 e. The molecule has 2 aliphatic rings. The van der Waals surface area contributed by atoms with E-state index in [1.807, 2.05) is 0 Å². The Bertz CT molecular complexity index is 527. The molecule has 2 aliphatic heterocycles. The van der Waals surface area contributed by atoms with Gasteiger partial charge < -0.3 is 15.4 Å². The first-order valence-electron chi connectivity index (χ1n) is 7.52. The molecule has 2 N–H and O–H groups in total. The monoisotopic (exact) mass is 344 g/mol. The third kappa shape index (κ3) is 4.06. The molecule has 2 saturated heterocycles. The summed E-state index contributed by atoms with van der Waals surface area (Å²) < 4.78 is 5.29. The molecule has 2 atom stereocenters. The van der Waals surface area contributed by atoms with E-state index in [-0.39, 0.29) is 18.3 Å². The summed E-state index contributed by atoms with van der Waals surface area (Å²) in [6.45, 7) is 0. The largest absolute Gasteiger partial charge is 0.496 e. The number of rotatable bonds is 4. The highest BCUT2D eigenvalue weighted by molar-refractivity contribution is 6.30. The molecule has 2 unspecified atom stereocenters. The fourth-order valence-corrected chi connectivity index (χ4v) is 3.71. The predicted octanol–water partition coefficient (Wildman–Crippen LogP) is 2.71. The molecule has 0 aliphatic carbocycles. The van der Waals surface area contributed by atoms with Crippen molar-refractivity contribution in [3.63, 3.8) is 0 Å². The molecule has 22 heavy (non-hydrogen) atoms. The van der Waals surface area contributed by atoms with Crippen molar-refractivity contribution in [3.8, 4) is 5.75 Å². The summed E-state index contributed by atoms with van der Waals surface area (Å²) in [4.78, 5) is 12.3. The number of hydrogen-bond donors (Lipinski definition) is 2. The summed E-state index contributed by atoms with van der Waals surface area (Å²) >= 11 is 6.00. The van der Waals surface area contributed by atoms with Crippen LogP contribution in [0.3, 0.4) is 0 Å². The van der Waals surface area contributed by atoms with Gasteiger partial charge in [-0.25, -0.2) is 0 Å². The second-order valence-electron chi connectivity index (χ2n) is 6.01. The first kappa shape index (κ1) is 17.4. The Kier molecular flexibility index (Phi) is 5.95. The smallest absolute Gasteiger partial charge is 0.224 e. The third-order valence-corrected chi connectivity index (χ3v) is 4.67. The number of halogens is 2. The van der Waals surface area contributed by atoms with Gasteiger partial charge in [0.15, 0.2) is 0 Å². The molecule has 122 valence electrons. The second-order valence-corrected chi connectivity index (χ2v) is 6.44. The van der Waals surface area contributed by atoms with Gasteiger partial charge in [-0.15, -0.1) is 12.4 Å². The van der Waals surface area contributed by atoms with Gasteiger partial charge in [0.1, 0.15) is 5.75 Å². The number of amides is 1. The number of carbonyl (C=O) groups excluding carboxylic acids is 1. The average molecular weight is 345 g/mol. The third-order valence-electron chi connectivity index (χ3n) is 4.43. The standard InChI is InChI=1S/C16H21ClN2O2.ClH/c1-21-15-5-2-11(17)6-10(15)7-16(20)19-14-8-12-3-4-13(9-14)18-12;/h2,5-6,12-14,18H,3-4,7-9H2,1H3,(H,19,20);1H. The van der Waals surface area contributed by atoms with Crippen molar-refractivity contribution in [2.45, 2.75) is 50.2 Å². The van der Waals surface area contributed by atoms with E-state index in [4.69, 9.17) is 16.3 Å². The number of carbonyl (C=O) groups is 1. The van der Waals surface area contributed by atoms with Crippen molar-refractivity contribution in [2.24, 2.45) is 0 Å².